The van der Waals surface area contributed by atoms with Gasteiger partial charge in [-0.15, -0.1) is 0 Å². The minimum atomic E-state index is -1.69. The number of benzene rings is 3. The van der Waals surface area contributed by atoms with Gasteiger partial charge < -0.3 is 58.3 Å². The van der Waals surface area contributed by atoms with Gasteiger partial charge in [-0.05, 0) is 54.7 Å². The van der Waals surface area contributed by atoms with Crippen LogP contribution in [0.5, 0.6) is 0 Å². The summed E-state index contributed by atoms with van der Waals surface area (Å²) in [6, 6.07) is 14.7. The SMILES string of the molecule is CC(C)C[C@H](NC(=O)[C@@H](NC(=O)[C@H](Cc1ccccc1)NC(=O)[C@H](C)N)C(C)C)C(=O)N[C@@H](Cc1ccccc1)C(=O)N[C@@H](CCC(=O)O)C(=O)N[C@@H](CCC(=O)O)C(=O)N[C@@H](Cc1ccccc1)C(=O)O. The molecule has 0 heterocycles. The molecule has 0 unspecified atom stereocenters. The largest absolute Gasteiger partial charge is 0.481 e. The molecule has 0 radical (unpaired) electrons. The number of carbonyl (C=O) groups excluding carboxylic acids is 7. The maximum absolute atomic E-state index is 14.3. The zero-order valence-electron chi connectivity index (χ0n) is 41.1. The van der Waals surface area contributed by atoms with Gasteiger partial charge >= 0.3 is 17.9 Å². The van der Waals surface area contributed by atoms with Crippen LogP contribution in [0, 0.1) is 11.8 Å². The standard InChI is InChI=1S/C51H68N8O13/c1-29(2)25-37(57-50(70)43(30(3)4)59-49(69)39(55-44(64)31(5)52)27-33-17-11-7-12-18-33)47(67)56-38(26-32-15-9-6-10-16-32)48(68)54-35(21-23-41(60)61)45(65)53-36(22-24-42(62)63)46(66)58-40(51(71)72)28-34-19-13-8-14-20-34/h6-20,29-31,35-40,43H,21-28,52H2,1-5H3,(H,53,65)(H,54,68)(H,55,64)(H,56,67)(H,57,70)(H,58,66)(H,59,69)(H,60,61)(H,62,63)(H,71,72)/t31-,35-,36-,37-,38-,39-,40-,43-/m0/s1. The highest BCUT2D eigenvalue weighted by atomic mass is 16.4. The summed E-state index contributed by atoms with van der Waals surface area (Å²) in [7, 11) is 0. The summed E-state index contributed by atoms with van der Waals surface area (Å²) in [4.78, 5) is 132. The van der Waals surface area contributed by atoms with Crippen LogP contribution in [-0.4, -0.2) is 123 Å². The van der Waals surface area contributed by atoms with Gasteiger partial charge in [-0.2, -0.15) is 0 Å². The van der Waals surface area contributed by atoms with Crippen molar-refractivity contribution in [3.63, 3.8) is 0 Å². The van der Waals surface area contributed by atoms with Crippen LogP contribution in [0.3, 0.4) is 0 Å². The molecule has 390 valence electrons. The smallest absolute Gasteiger partial charge is 0.326 e. The molecular formula is C51H68N8O13. The van der Waals surface area contributed by atoms with Crippen molar-refractivity contribution in [1.82, 2.24) is 37.2 Å². The van der Waals surface area contributed by atoms with Crippen LogP contribution in [0.1, 0.15) is 83.4 Å². The molecule has 0 bridgehead atoms. The zero-order chi connectivity index (χ0) is 53.5. The van der Waals surface area contributed by atoms with E-state index < -0.39 is 139 Å². The van der Waals surface area contributed by atoms with Crippen molar-refractivity contribution in [3.8, 4) is 0 Å². The van der Waals surface area contributed by atoms with Crippen LogP contribution in [0.4, 0.5) is 0 Å². The highest BCUT2D eigenvalue weighted by Crippen LogP contribution is 2.13. The molecule has 12 N–H and O–H groups in total. The molecule has 0 aromatic heterocycles. The van der Waals surface area contributed by atoms with E-state index in [2.05, 4.69) is 37.2 Å². The summed E-state index contributed by atoms with van der Waals surface area (Å²) in [5, 5.41) is 46.9. The Morgan fingerprint density at radius 1 is 0.417 bits per heavy atom. The normalized spacial score (nSPS) is 14.4. The summed E-state index contributed by atoms with van der Waals surface area (Å²) in [5.74, 6) is -10.8. The molecule has 21 nitrogen and oxygen atoms in total. The van der Waals surface area contributed by atoms with Crippen molar-refractivity contribution in [3.05, 3.63) is 108 Å². The lowest BCUT2D eigenvalue weighted by molar-refractivity contribution is -0.143. The number of carboxylic acids is 3. The van der Waals surface area contributed by atoms with Gasteiger partial charge in [0.1, 0.15) is 42.3 Å². The molecule has 7 amide bonds. The predicted octanol–water partition coefficient (Wildman–Crippen LogP) is 0.972. The second-order valence-electron chi connectivity index (χ2n) is 18.3. The highest BCUT2D eigenvalue weighted by Gasteiger charge is 2.36. The molecular weight excluding hydrogens is 933 g/mol. The van der Waals surface area contributed by atoms with Crippen LogP contribution in [-0.2, 0) is 67.2 Å². The minimum Gasteiger partial charge on any atom is -0.481 e. The highest BCUT2D eigenvalue weighted by molar-refractivity contribution is 5.98. The number of nitrogens with two attached hydrogens (primary N) is 1. The number of aliphatic carboxylic acids is 3. The van der Waals surface area contributed by atoms with E-state index in [4.69, 9.17) is 5.73 Å². The first-order valence-corrected chi connectivity index (χ1v) is 23.7. The summed E-state index contributed by atoms with van der Waals surface area (Å²) >= 11 is 0. The fourth-order valence-corrected chi connectivity index (χ4v) is 7.39. The average Bonchev–Trinajstić information content (AvgIpc) is 3.32. The Bertz CT molecular complexity index is 2320. The van der Waals surface area contributed by atoms with Gasteiger partial charge in [0.25, 0.3) is 0 Å². The molecule has 0 saturated heterocycles. The quantitative estimate of drug-likeness (QED) is 0.0444. The lowest BCUT2D eigenvalue weighted by Gasteiger charge is -2.29. The Morgan fingerprint density at radius 2 is 0.736 bits per heavy atom. The Balaban J connectivity index is 1.91. The maximum atomic E-state index is 14.3. The fraction of sp³-hybridized carbons (Fsp3) is 0.451. The van der Waals surface area contributed by atoms with Gasteiger partial charge in [0, 0.05) is 32.1 Å². The van der Waals surface area contributed by atoms with Crippen molar-refractivity contribution in [1.29, 1.82) is 0 Å². The summed E-state index contributed by atoms with van der Waals surface area (Å²) in [6.07, 6.45) is -2.57. The van der Waals surface area contributed by atoms with Gasteiger partial charge in [0.05, 0.1) is 6.04 Å². The van der Waals surface area contributed by atoms with Gasteiger partial charge in [0.2, 0.25) is 41.4 Å². The number of amides is 7. The third kappa shape index (κ3) is 20.7. The van der Waals surface area contributed by atoms with E-state index >= 15 is 0 Å². The monoisotopic (exact) mass is 1000 g/mol. The predicted molar refractivity (Wildman–Crippen MR) is 263 cm³/mol. The van der Waals surface area contributed by atoms with Crippen molar-refractivity contribution >= 4 is 59.3 Å². The van der Waals surface area contributed by atoms with E-state index in [-0.39, 0.29) is 31.6 Å². The number of hydrogen-bond acceptors (Lipinski definition) is 11. The zero-order valence-corrected chi connectivity index (χ0v) is 41.1. The van der Waals surface area contributed by atoms with Gasteiger partial charge in [0.15, 0.2) is 0 Å². The summed E-state index contributed by atoms with van der Waals surface area (Å²) in [5.41, 5.74) is 7.61. The molecule has 3 rings (SSSR count). The van der Waals surface area contributed by atoms with Crippen LogP contribution in [0.2, 0.25) is 0 Å². The molecule has 0 saturated carbocycles. The molecule has 0 fully saturated rings. The average molecular weight is 1000 g/mol. The van der Waals surface area contributed by atoms with Crippen LogP contribution >= 0.6 is 0 Å². The van der Waals surface area contributed by atoms with Crippen LogP contribution in [0.15, 0.2) is 91.0 Å². The van der Waals surface area contributed by atoms with Crippen molar-refractivity contribution in [2.24, 2.45) is 17.6 Å². The van der Waals surface area contributed by atoms with E-state index in [0.717, 1.165) is 5.56 Å². The first kappa shape index (κ1) is 58.6. The molecule has 0 spiro atoms. The van der Waals surface area contributed by atoms with E-state index in [9.17, 15) is 63.3 Å². The Hall–Kier alpha value is -7.68. The first-order valence-electron chi connectivity index (χ1n) is 23.7. The molecule has 0 aliphatic heterocycles. The summed E-state index contributed by atoms with van der Waals surface area (Å²) < 4.78 is 0. The molecule has 3 aromatic carbocycles. The Labute approximate surface area is 418 Å². The Kier molecular flexibility index (Phi) is 24.0. The number of rotatable bonds is 30. The lowest BCUT2D eigenvalue weighted by Crippen LogP contribution is -2.61. The molecule has 3 aromatic rings. The molecule has 8 atom stereocenters. The summed E-state index contributed by atoms with van der Waals surface area (Å²) in [6.45, 7) is 8.38. The third-order valence-corrected chi connectivity index (χ3v) is 11.3. The van der Waals surface area contributed by atoms with Gasteiger partial charge in [-0.25, -0.2) is 4.79 Å². The number of nitrogens with one attached hydrogen (secondary N) is 7. The van der Waals surface area contributed by atoms with Crippen molar-refractivity contribution in [2.75, 3.05) is 0 Å². The molecule has 72 heavy (non-hydrogen) atoms. The second-order valence-corrected chi connectivity index (χ2v) is 18.3. The number of hydrogen-bond donors (Lipinski definition) is 11. The van der Waals surface area contributed by atoms with Gasteiger partial charge in [-0.3, -0.25) is 43.2 Å². The molecule has 0 aliphatic rings. The van der Waals surface area contributed by atoms with E-state index in [1.165, 1.54) is 6.92 Å². The number of carbonyl (C=O) groups is 10. The second kappa shape index (κ2) is 29.5. The molecule has 21 heteroatoms. The van der Waals surface area contributed by atoms with Crippen LogP contribution in [0.25, 0.3) is 0 Å². The number of carboxylic acid groups (broad SMARTS) is 3. The van der Waals surface area contributed by atoms with E-state index in [1.807, 2.05) is 0 Å². The van der Waals surface area contributed by atoms with E-state index in [0.29, 0.717) is 11.1 Å². The van der Waals surface area contributed by atoms with Crippen LogP contribution < -0.4 is 43.0 Å². The van der Waals surface area contributed by atoms with E-state index in [1.54, 1.807) is 119 Å². The van der Waals surface area contributed by atoms with Crippen molar-refractivity contribution < 1.29 is 63.3 Å². The Morgan fingerprint density at radius 3 is 1.10 bits per heavy atom. The lowest BCUT2D eigenvalue weighted by atomic mass is 9.98. The first-order chi connectivity index (χ1) is 34.0. The maximum Gasteiger partial charge on any atom is 0.326 e. The third-order valence-electron chi connectivity index (χ3n) is 11.3. The fourth-order valence-electron chi connectivity index (χ4n) is 7.39. The van der Waals surface area contributed by atoms with Gasteiger partial charge in [-0.1, -0.05) is 119 Å². The topological polar surface area (TPSA) is 342 Å². The minimum absolute atomic E-state index is 0.0502. The molecule has 0 aliphatic carbocycles. The van der Waals surface area contributed by atoms with Crippen molar-refractivity contribution in [2.45, 2.75) is 134 Å².